The molecule has 1 aliphatic rings. The van der Waals surface area contributed by atoms with Crippen LogP contribution < -0.4 is 0 Å². The van der Waals surface area contributed by atoms with Crippen molar-refractivity contribution in [2.45, 2.75) is 38.6 Å². The van der Waals surface area contributed by atoms with Gasteiger partial charge in [0.25, 0.3) is 5.91 Å². The van der Waals surface area contributed by atoms with Gasteiger partial charge in [0.1, 0.15) is 5.82 Å². The normalized spacial score (nSPS) is 19.2. The molecule has 0 bridgehead atoms. The van der Waals surface area contributed by atoms with Crippen LogP contribution in [0.4, 0.5) is 0 Å². The SMILES string of the molecule is CC(C)n1ccnc1[C@@H]1CCCN(C(=O)c2cccs2)C1. The van der Waals surface area contributed by atoms with Crippen LogP contribution in [0.5, 0.6) is 0 Å². The number of likely N-dealkylation sites (tertiary alicyclic amines) is 1. The third-order valence-electron chi connectivity index (χ3n) is 4.06. The van der Waals surface area contributed by atoms with Crippen LogP contribution in [0.3, 0.4) is 0 Å². The van der Waals surface area contributed by atoms with E-state index in [1.54, 1.807) is 0 Å². The number of hydrogen-bond donors (Lipinski definition) is 0. The van der Waals surface area contributed by atoms with Crippen molar-refractivity contribution in [2.75, 3.05) is 13.1 Å². The Morgan fingerprint density at radius 1 is 1.48 bits per heavy atom. The number of piperidine rings is 1. The van der Waals surface area contributed by atoms with Crippen LogP contribution >= 0.6 is 11.3 Å². The fraction of sp³-hybridized carbons (Fsp3) is 0.500. The standard InChI is InChI=1S/C16H21N3OS/c1-12(2)19-9-7-17-15(19)13-5-3-8-18(11-13)16(20)14-6-4-10-21-14/h4,6-7,9-10,12-13H,3,5,8,11H2,1-2H3/t13-/m1/s1. The van der Waals surface area contributed by atoms with Gasteiger partial charge in [0.05, 0.1) is 4.88 Å². The molecule has 0 spiro atoms. The maximum atomic E-state index is 12.5. The molecule has 1 amide bonds. The first-order valence-electron chi connectivity index (χ1n) is 7.52. The van der Waals surface area contributed by atoms with E-state index in [1.165, 1.54) is 11.3 Å². The third-order valence-corrected chi connectivity index (χ3v) is 4.92. The molecule has 112 valence electrons. The Hall–Kier alpha value is -1.62. The molecule has 21 heavy (non-hydrogen) atoms. The monoisotopic (exact) mass is 303 g/mol. The molecule has 1 saturated heterocycles. The van der Waals surface area contributed by atoms with Crippen LogP contribution in [-0.4, -0.2) is 33.4 Å². The lowest BCUT2D eigenvalue weighted by Gasteiger charge is -2.32. The molecule has 1 aliphatic heterocycles. The van der Waals surface area contributed by atoms with Crippen molar-refractivity contribution in [3.05, 3.63) is 40.6 Å². The van der Waals surface area contributed by atoms with Crippen molar-refractivity contribution >= 4 is 17.2 Å². The predicted molar refractivity (Wildman–Crippen MR) is 84.8 cm³/mol. The molecule has 1 fully saturated rings. The Bertz CT molecular complexity index is 603. The highest BCUT2D eigenvalue weighted by atomic mass is 32.1. The summed E-state index contributed by atoms with van der Waals surface area (Å²) in [5.41, 5.74) is 0. The molecule has 5 heteroatoms. The largest absolute Gasteiger partial charge is 0.337 e. The first-order valence-corrected chi connectivity index (χ1v) is 8.40. The van der Waals surface area contributed by atoms with E-state index >= 15 is 0 Å². The van der Waals surface area contributed by atoms with Crippen LogP contribution in [0.1, 0.15) is 54.1 Å². The summed E-state index contributed by atoms with van der Waals surface area (Å²) in [7, 11) is 0. The molecule has 0 saturated carbocycles. The van der Waals surface area contributed by atoms with Gasteiger partial charge in [-0.3, -0.25) is 4.79 Å². The summed E-state index contributed by atoms with van der Waals surface area (Å²) in [6.07, 6.45) is 6.07. The maximum absolute atomic E-state index is 12.5. The summed E-state index contributed by atoms with van der Waals surface area (Å²) in [6.45, 7) is 5.97. The van der Waals surface area contributed by atoms with Crippen LogP contribution in [0.25, 0.3) is 0 Å². The third kappa shape index (κ3) is 2.88. The molecule has 0 aliphatic carbocycles. The minimum atomic E-state index is 0.164. The molecule has 2 aromatic heterocycles. The molecule has 0 aromatic carbocycles. The van der Waals surface area contributed by atoms with Gasteiger partial charge in [0.15, 0.2) is 0 Å². The number of imidazole rings is 1. The highest BCUT2D eigenvalue weighted by Gasteiger charge is 2.28. The molecule has 0 unspecified atom stereocenters. The van der Waals surface area contributed by atoms with E-state index in [4.69, 9.17) is 0 Å². The number of rotatable bonds is 3. The van der Waals surface area contributed by atoms with Gasteiger partial charge in [-0.25, -0.2) is 4.98 Å². The average Bonchev–Trinajstić information content (AvgIpc) is 3.17. The van der Waals surface area contributed by atoms with Gasteiger partial charge in [-0.2, -0.15) is 0 Å². The zero-order valence-corrected chi connectivity index (χ0v) is 13.3. The van der Waals surface area contributed by atoms with Crippen molar-refractivity contribution in [3.8, 4) is 0 Å². The van der Waals surface area contributed by atoms with Crippen LogP contribution in [-0.2, 0) is 0 Å². The van der Waals surface area contributed by atoms with E-state index in [-0.39, 0.29) is 5.91 Å². The lowest BCUT2D eigenvalue weighted by atomic mass is 9.96. The van der Waals surface area contributed by atoms with E-state index in [9.17, 15) is 4.79 Å². The highest BCUT2D eigenvalue weighted by molar-refractivity contribution is 7.12. The fourth-order valence-corrected chi connectivity index (χ4v) is 3.70. The maximum Gasteiger partial charge on any atom is 0.263 e. The van der Waals surface area contributed by atoms with Gasteiger partial charge in [-0.15, -0.1) is 11.3 Å². The van der Waals surface area contributed by atoms with Crippen molar-refractivity contribution in [1.29, 1.82) is 0 Å². The van der Waals surface area contributed by atoms with Crippen molar-refractivity contribution in [1.82, 2.24) is 14.5 Å². The zero-order valence-electron chi connectivity index (χ0n) is 12.5. The molecule has 3 rings (SSSR count). The number of aromatic nitrogens is 2. The minimum Gasteiger partial charge on any atom is -0.337 e. The predicted octanol–water partition coefficient (Wildman–Crippen LogP) is 3.55. The summed E-state index contributed by atoms with van der Waals surface area (Å²) < 4.78 is 2.23. The molecule has 3 heterocycles. The van der Waals surface area contributed by atoms with Gasteiger partial charge in [0, 0.05) is 37.4 Å². The number of carbonyl (C=O) groups is 1. The Labute approximate surface area is 129 Å². The first-order chi connectivity index (χ1) is 10.2. The average molecular weight is 303 g/mol. The van der Waals surface area contributed by atoms with Gasteiger partial charge >= 0.3 is 0 Å². The minimum absolute atomic E-state index is 0.164. The second-order valence-electron chi connectivity index (χ2n) is 5.85. The van der Waals surface area contributed by atoms with E-state index in [2.05, 4.69) is 23.4 Å². The molecule has 2 aromatic rings. The number of carbonyl (C=O) groups excluding carboxylic acids is 1. The summed E-state index contributed by atoms with van der Waals surface area (Å²) in [5.74, 6) is 1.63. The Kier molecular flexibility index (Phi) is 4.10. The Morgan fingerprint density at radius 3 is 3.05 bits per heavy atom. The second-order valence-corrected chi connectivity index (χ2v) is 6.80. The summed E-state index contributed by atoms with van der Waals surface area (Å²) in [5, 5.41) is 1.96. The summed E-state index contributed by atoms with van der Waals surface area (Å²) in [6, 6.07) is 4.25. The highest BCUT2D eigenvalue weighted by Crippen LogP contribution is 2.28. The van der Waals surface area contributed by atoms with Crippen LogP contribution in [0.2, 0.25) is 0 Å². The van der Waals surface area contributed by atoms with E-state index in [1.807, 2.05) is 34.8 Å². The van der Waals surface area contributed by atoms with Crippen molar-refractivity contribution in [3.63, 3.8) is 0 Å². The lowest BCUT2D eigenvalue weighted by Crippen LogP contribution is -2.39. The smallest absolute Gasteiger partial charge is 0.263 e. The number of thiophene rings is 1. The topological polar surface area (TPSA) is 38.1 Å². The van der Waals surface area contributed by atoms with Crippen molar-refractivity contribution < 1.29 is 4.79 Å². The Morgan fingerprint density at radius 2 is 2.33 bits per heavy atom. The van der Waals surface area contributed by atoms with Crippen molar-refractivity contribution in [2.24, 2.45) is 0 Å². The van der Waals surface area contributed by atoms with E-state index < -0.39 is 0 Å². The van der Waals surface area contributed by atoms with Crippen LogP contribution in [0, 0.1) is 0 Å². The second kappa shape index (κ2) is 6.02. The molecule has 0 radical (unpaired) electrons. The molecule has 1 atom stereocenters. The molecule has 0 N–H and O–H groups in total. The quantitative estimate of drug-likeness (QED) is 0.869. The van der Waals surface area contributed by atoms with E-state index in [0.717, 1.165) is 36.6 Å². The van der Waals surface area contributed by atoms with Gasteiger partial charge in [-0.1, -0.05) is 6.07 Å². The van der Waals surface area contributed by atoms with E-state index in [0.29, 0.717) is 12.0 Å². The Balaban J connectivity index is 1.77. The van der Waals surface area contributed by atoms with Gasteiger partial charge in [-0.05, 0) is 38.1 Å². The van der Waals surface area contributed by atoms with Crippen LogP contribution in [0.15, 0.2) is 29.9 Å². The zero-order chi connectivity index (χ0) is 14.8. The van der Waals surface area contributed by atoms with Gasteiger partial charge in [0.2, 0.25) is 0 Å². The molecular formula is C16H21N3OS. The lowest BCUT2D eigenvalue weighted by molar-refractivity contribution is 0.0708. The number of hydrogen-bond acceptors (Lipinski definition) is 3. The molecule has 4 nitrogen and oxygen atoms in total. The number of nitrogens with zero attached hydrogens (tertiary/aromatic N) is 3. The number of amides is 1. The summed E-state index contributed by atoms with van der Waals surface area (Å²) in [4.78, 5) is 19.9. The first kappa shape index (κ1) is 14.3. The molecular weight excluding hydrogens is 282 g/mol. The summed E-state index contributed by atoms with van der Waals surface area (Å²) >= 11 is 1.52. The fourth-order valence-electron chi connectivity index (χ4n) is 3.01. The van der Waals surface area contributed by atoms with Gasteiger partial charge < -0.3 is 9.47 Å².